The highest BCUT2D eigenvalue weighted by Crippen LogP contribution is 2.24. The van der Waals surface area contributed by atoms with Crippen LogP contribution in [0.5, 0.6) is 0 Å². The van der Waals surface area contributed by atoms with Crippen LogP contribution in [0.1, 0.15) is 18.4 Å². The Kier molecular flexibility index (Phi) is 6.23. The number of benzene rings is 2. The number of rotatable bonds is 4. The van der Waals surface area contributed by atoms with Gasteiger partial charge in [0.1, 0.15) is 17.5 Å². The predicted molar refractivity (Wildman–Crippen MR) is 120 cm³/mol. The second-order valence-electron chi connectivity index (χ2n) is 7.77. The van der Waals surface area contributed by atoms with Crippen molar-refractivity contribution >= 4 is 29.0 Å². The number of hydrogen-bond donors (Lipinski definition) is 1. The van der Waals surface area contributed by atoms with E-state index in [1.54, 1.807) is 18.2 Å². The summed E-state index contributed by atoms with van der Waals surface area (Å²) in [6.45, 7) is 2.86. The summed E-state index contributed by atoms with van der Waals surface area (Å²) < 4.78 is 28.6. The zero-order valence-corrected chi connectivity index (χ0v) is 18.1. The van der Waals surface area contributed by atoms with Crippen LogP contribution in [0.2, 0.25) is 5.02 Å². The van der Waals surface area contributed by atoms with Crippen LogP contribution in [0.4, 0.5) is 20.3 Å². The van der Waals surface area contributed by atoms with Crippen LogP contribution in [0, 0.1) is 24.5 Å². The molecule has 1 atom stereocenters. The van der Waals surface area contributed by atoms with Crippen LogP contribution in [0.3, 0.4) is 0 Å². The van der Waals surface area contributed by atoms with E-state index in [4.69, 9.17) is 11.6 Å². The summed E-state index contributed by atoms with van der Waals surface area (Å²) in [5.74, 6) is -1.62. The average Bonchev–Trinajstić information content (AvgIpc) is 2.78. The number of hydrogen-bond acceptors (Lipinski definition) is 4. The van der Waals surface area contributed by atoms with Crippen LogP contribution in [0.25, 0.3) is 5.69 Å². The Bertz CT molecular complexity index is 1230. The van der Waals surface area contributed by atoms with Gasteiger partial charge in [-0.1, -0.05) is 17.7 Å². The van der Waals surface area contributed by atoms with Gasteiger partial charge in [-0.05, 0) is 55.7 Å². The van der Waals surface area contributed by atoms with E-state index < -0.39 is 23.5 Å². The Balaban J connectivity index is 1.54. The first-order valence-electron chi connectivity index (χ1n) is 10.2. The first-order valence-corrected chi connectivity index (χ1v) is 10.6. The molecule has 0 saturated carbocycles. The molecule has 166 valence electrons. The lowest BCUT2D eigenvalue weighted by Gasteiger charge is -2.33. The van der Waals surface area contributed by atoms with Crippen molar-refractivity contribution in [1.82, 2.24) is 9.78 Å². The van der Waals surface area contributed by atoms with Gasteiger partial charge >= 0.3 is 0 Å². The van der Waals surface area contributed by atoms with Crippen molar-refractivity contribution in [2.45, 2.75) is 19.8 Å². The maximum atomic E-state index is 13.9. The van der Waals surface area contributed by atoms with E-state index in [0.717, 1.165) is 23.8 Å². The molecule has 1 saturated heterocycles. The number of halogens is 3. The van der Waals surface area contributed by atoms with Crippen molar-refractivity contribution in [2.75, 3.05) is 23.3 Å². The third-order valence-electron chi connectivity index (χ3n) is 5.49. The number of nitrogens with one attached hydrogen (secondary N) is 1. The van der Waals surface area contributed by atoms with E-state index in [0.29, 0.717) is 42.5 Å². The molecule has 1 aliphatic heterocycles. The number of amides is 1. The lowest BCUT2D eigenvalue weighted by atomic mass is 9.97. The highest BCUT2D eigenvalue weighted by atomic mass is 35.5. The lowest BCUT2D eigenvalue weighted by Crippen LogP contribution is -2.42. The van der Waals surface area contributed by atoms with Gasteiger partial charge in [0.2, 0.25) is 5.91 Å². The third-order valence-corrected chi connectivity index (χ3v) is 5.90. The molecule has 1 aliphatic rings. The van der Waals surface area contributed by atoms with E-state index >= 15 is 0 Å². The van der Waals surface area contributed by atoms with Gasteiger partial charge in [-0.3, -0.25) is 9.59 Å². The van der Waals surface area contributed by atoms with Gasteiger partial charge < -0.3 is 10.2 Å². The number of carbonyl (C=O) groups excluding carboxylic acids is 1. The standard InChI is InChI=1S/C23H21ClF2N4O2/c1-14-4-6-17(12-18(14)24)30-22(31)9-8-21(28-30)29-10-2-3-15(13-29)23(32)27-20-11-16(25)5-7-19(20)26/h4-9,11-12,15H,2-3,10,13H2,1H3,(H,27,32)/t15-/m0/s1. The Hall–Kier alpha value is -3.26. The maximum absolute atomic E-state index is 13.9. The van der Waals surface area contributed by atoms with Crippen LogP contribution >= 0.6 is 11.6 Å². The van der Waals surface area contributed by atoms with E-state index in [2.05, 4.69) is 10.4 Å². The fourth-order valence-electron chi connectivity index (χ4n) is 3.70. The summed E-state index contributed by atoms with van der Waals surface area (Å²) in [4.78, 5) is 27.0. The molecular weight excluding hydrogens is 438 g/mol. The predicted octanol–water partition coefficient (Wildman–Crippen LogP) is 4.33. The van der Waals surface area contributed by atoms with Gasteiger partial charge in [-0.15, -0.1) is 5.10 Å². The summed E-state index contributed by atoms with van der Waals surface area (Å²) in [5, 5.41) is 7.48. The summed E-state index contributed by atoms with van der Waals surface area (Å²) in [6, 6.07) is 11.2. The summed E-state index contributed by atoms with van der Waals surface area (Å²) in [6.07, 6.45) is 1.31. The molecule has 2 heterocycles. The fraction of sp³-hybridized carbons (Fsp3) is 0.261. The monoisotopic (exact) mass is 458 g/mol. The van der Waals surface area contributed by atoms with E-state index in [1.165, 1.54) is 10.7 Å². The maximum Gasteiger partial charge on any atom is 0.271 e. The van der Waals surface area contributed by atoms with Gasteiger partial charge in [-0.2, -0.15) is 4.68 Å². The number of piperidine rings is 1. The minimum atomic E-state index is -0.696. The molecule has 0 spiro atoms. The zero-order valence-electron chi connectivity index (χ0n) is 17.3. The number of aryl methyl sites for hydroxylation is 1. The molecule has 4 rings (SSSR count). The van der Waals surface area contributed by atoms with Crippen LogP contribution in [-0.2, 0) is 4.79 Å². The van der Waals surface area contributed by atoms with Gasteiger partial charge in [0, 0.05) is 30.2 Å². The molecule has 9 heteroatoms. The van der Waals surface area contributed by atoms with E-state index in [9.17, 15) is 18.4 Å². The van der Waals surface area contributed by atoms with E-state index in [1.807, 2.05) is 17.9 Å². The molecule has 0 unspecified atom stereocenters. The highest BCUT2D eigenvalue weighted by molar-refractivity contribution is 6.31. The summed E-state index contributed by atoms with van der Waals surface area (Å²) in [7, 11) is 0. The van der Waals surface area contributed by atoms with Gasteiger partial charge in [0.25, 0.3) is 5.56 Å². The molecule has 6 nitrogen and oxygen atoms in total. The Labute approximate surface area is 188 Å². The molecule has 3 aromatic rings. The smallest absolute Gasteiger partial charge is 0.271 e. The Morgan fingerprint density at radius 2 is 1.97 bits per heavy atom. The molecule has 0 aliphatic carbocycles. The van der Waals surface area contributed by atoms with Crippen molar-refractivity contribution in [2.24, 2.45) is 5.92 Å². The number of nitrogens with zero attached hydrogens (tertiary/aromatic N) is 3. The van der Waals surface area contributed by atoms with Crippen molar-refractivity contribution < 1.29 is 13.6 Å². The topological polar surface area (TPSA) is 67.2 Å². The second-order valence-corrected chi connectivity index (χ2v) is 8.18. The number of aromatic nitrogens is 2. The molecule has 1 aromatic heterocycles. The lowest BCUT2D eigenvalue weighted by molar-refractivity contribution is -0.120. The van der Waals surface area contributed by atoms with E-state index in [-0.39, 0.29) is 11.2 Å². The van der Waals surface area contributed by atoms with Gasteiger partial charge in [-0.25, -0.2) is 8.78 Å². The molecule has 1 N–H and O–H groups in total. The van der Waals surface area contributed by atoms with Crippen molar-refractivity contribution in [1.29, 1.82) is 0 Å². The zero-order chi connectivity index (χ0) is 22.8. The highest BCUT2D eigenvalue weighted by Gasteiger charge is 2.27. The molecule has 1 amide bonds. The normalized spacial score (nSPS) is 16.1. The fourth-order valence-corrected chi connectivity index (χ4v) is 3.87. The van der Waals surface area contributed by atoms with Gasteiger partial charge in [0.15, 0.2) is 0 Å². The Morgan fingerprint density at radius 3 is 2.75 bits per heavy atom. The first-order chi connectivity index (χ1) is 15.3. The summed E-state index contributed by atoms with van der Waals surface area (Å²) >= 11 is 6.20. The van der Waals surface area contributed by atoms with Crippen molar-refractivity contribution in [3.63, 3.8) is 0 Å². The first kappa shape index (κ1) is 22.0. The SMILES string of the molecule is Cc1ccc(-n2nc(N3CCC[C@H](C(=O)Nc4cc(F)ccc4F)C3)ccc2=O)cc1Cl. The summed E-state index contributed by atoms with van der Waals surface area (Å²) in [5.41, 5.74) is 0.941. The van der Waals surface area contributed by atoms with Crippen molar-refractivity contribution in [3.8, 4) is 5.69 Å². The van der Waals surface area contributed by atoms with Crippen LogP contribution in [0.15, 0.2) is 53.3 Å². The molecule has 32 heavy (non-hydrogen) atoms. The third kappa shape index (κ3) is 4.65. The minimum Gasteiger partial charge on any atom is -0.354 e. The van der Waals surface area contributed by atoms with Crippen molar-refractivity contribution in [3.05, 3.63) is 81.1 Å². The molecule has 0 bridgehead atoms. The minimum absolute atomic E-state index is 0.185. The molecule has 0 radical (unpaired) electrons. The average molecular weight is 459 g/mol. The number of anilines is 2. The molecule has 2 aromatic carbocycles. The second kappa shape index (κ2) is 9.08. The van der Waals surface area contributed by atoms with Crippen LogP contribution < -0.4 is 15.8 Å². The molecular formula is C23H21ClF2N4O2. The van der Waals surface area contributed by atoms with Crippen LogP contribution in [-0.4, -0.2) is 28.8 Å². The quantitative estimate of drug-likeness (QED) is 0.632. The number of carbonyl (C=O) groups is 1. The Morgan fingerprint density at radius 1 is 1.16 bits per heavy atom. The largest absolute Gasteiger partial charge is 0.354 e. The molecule has 1 fully saturated rings. The van der Waals surface area contributed by atoms with Gasteiger partial charge in [0.05, 0.1) is 17.3 Å².